The van der Waals surface area contributed by atoms with Gasteiger partial charge in [-0.15, -0.1) is 0 Å². The molecule has 8 heteroatoms. The van der Waals surface area contributed by atoms with Gasteiger partial charge in [0.1, 0.15) is 5.82 Å². The summed E-state index contributed by atoms with van der Waals surface area (Å²) in [5, 5.41) is 3.58. The maximum absolute atomic E-state index is 12.3. The van der Waals surface area contributed by atoms with Crippen molar-refractivity contribution in [1.29, 1.82) is 0 Å². The third-order valence-electron chi connectivity index (χ3n) is 4.56. The molecular weight excluding hydrogens is 354 g/mol. The molecule has 0 radical (unpaired) electrons. The van der Waals surface area contributed by atoms with Crippen molar-refractivity contribution in [3.05, 3.63) is 29.0 Å². The number of nitrogens with zero attached hydrogens (tertiary/aromatic N) is 3. The molecule has 2 heterocycles. The number of hydrogen-bond donors (Lipinski definition) is 2. The topological polar surface area (TPSA) is 81.3 Å². The van der Waals surface area contributed by atoms with Crippen molar-refractivity contribution in [3.63, 3.8) is 0 Å². The summed E-state index contributed by atoms with van der Waals surface area (Å²) in [5.41, 5.74) is 1.74. The quantitative estimate of drug-likeness (QED) is 0.761. The predicted molar refractivity (Wildman–Crippen MR) is 101 cm³/mol. The van der Waals surface area contributed by atoms with Crippen LogP contribution in [0.2, 0.25) is 5.02 Å². The summed E-state index contributed by atoms with van der Waals surface area (Å²) >= 11 is 5.97. The van der Waals surface area contributed by atoms with Gasteiger partial charge in [-0.3, -0.25) is 9.59 Å². The first-order chi connectivity index (χ1) is 12.4. The Bertz CT molecular complexity index is 804. The van der Waals surface area contributed by atoms with Gasteiger partial charge in [0, 0.05) is 44.0 Å². The lowest BCUT2D eigenvalue weighted by atomic mass is 10.1. The molecule has 0 saturated carbocycles. The molecule has 1 fully saturated rings. The fraction of sp³-hybridized carbons (Fsp3) is 0.500. The fourth-order valence-corrected chi connectivity index (χ4v) is 3.26. The van der Waals surface area contributed by atoms with E-state index in [0.29, 0.717) is 37.5 Å². The van der Waals surface area contributed by atoms with Crippen LogP contribution < -0.4 is 5.32 Å². The minimum atomic E-state index is -0.265. The molecule has 1 aromatic carbocycles. The Hall–Kier alpha value is -2.12. The lowest BCUT2D eigenvalue weighted by molar-refractivity contribution is -0.129. The van der Waals surface area contributed by atoms with E-state index in [1.54, 1.807) is 11.0 Å². The van der Waals surface area contributed by atoms with Crippen molar-refractivity contribution in [2.45, 2.75) is 12.8 Å². The number of aromatic amines is 1. The lowest BCUT2D eigenvalue weighted by Crippen LogP contribution is -2.36. The van der Waals surface area contributed by atoms with E-state index in [1.165, 1.54) is 0 Å². The van der Waals surface area contributed by atoms with Crippen molar-refractivity contribution in [2.24, 2.45) is 5.92 Å². The fourth-order valence-electron chi connectivity index (χ4n) is 3.09. The monoisotopic (exact) mass is 377 g/mol. The van der Waals surface area contributed by atoms with Gasteiger partial charge in [0.2, 0.25) is 11.8 Å². The molecule has 7 nitrogen and oxygen atoms in total. The number of benzene rings is 1. The van der Waals surface area contributed by atoms with Gasteiger partial charge in [0.15, 0.2) is 0 Å². The smallest absolute Gasteiger partial charge is 0.225 e. The molecule has 1 atom stereocenters. The molecule has 0 spiro atoms. The third kappa shape index (κ3) is 4.53. The molecule has 1 saturated heterocycles. The van der Waals surface area contributed by atoms with E-state index in [2.05, 4.69) is 15.3 Å². The summed E-state index contributed by atoms with van der Waals surface area (Å²) < 4.78 is 0. The standard InChI is InChI=1S/C18H24ClN5O2/c1-23(2)7-8-24-11-12(9-17(24)25)18(26)20-6-5-16-21-14-4-3-13(19)10-15(14)22-16/h3-4,10,12H,5-9,11H2,1-2H3,(H,20,26)(H,21,22)/t12-/m0/s1. The Morgan fingerprint density at radius 2 is 2.27 bits per heavy atom. The van der Waals surface area contributed by atoms with Gasteiger partial charge in [-0.1, -0.05) is 11.6 Å². The normalized spacial score (nSPS) is 17.5. The molecule has 26 heavy (non-hydrogen) atoms. The van der Waals surface area contributed by atoms with Gasteiger partial charge in [-0.25, -0.2) is 4.98 Å². The number of H-pyrrole nitrogens is 1. The maximum Gasteiger partial charge on any atom is 0.225 e. The first-order valence-electron chi connectivity index (χ1n) is 8.77. The number of likely N-dealkylation sites (tertiary alicyclic amines) is 1. The van der Waals surface area contributed by atoms with Gasteiger partial charge < -0.3 is 20.1 Å². The molecule has 140 valence electrons. The second-order valence-electron chi connectivity index (χ2n) is 6.93. The van der Waals surface area contributed by atoms with Crippen LogP contribution in [0, 0.1) is 5.92 Å². The predicted octanol–water partition coefficient (Wildman–Crippen LogP) is 1.29. The number of fused-ring (bicyclic) bond motifs is 1. The van der Waals surface area contributed by atoms with Crippen molar-refractivity contribution in [2.75, 3.05) is 40.3 Å². The highest BCUT2D eigenvalue weighted by molar-refractivity contribution is 6.31. The average Bonchev–Trinajstić information content (AvgIpc) is 3.15. The van der Waals surface area contributed by atoms with E-state index in [0.717, 1.165) is 23.4 Å². The van der Waals surface area contributed by atoms with Gasteiger partial charge in [0.05, 0.1) is 17.0 Å². The highest BCUT2D eigenvalue weighted by atomic mass is 35.5. The number of aromatic nitrogens is 2. The van der Waals surface area contributed by atoms with Gasteiger partial charge >= 0.3 is 0 Å². The van der Waals surface area contributed by atoms with Crippen LogP contribution in [0.15, 0.2) is 18.2 Å². The SMILES string of the molecule is CN(C)CCN1C[C@@H](C(=O)NCCc2nc3ccc(Cl)cc3[nH]2)CC1=O. The number of halogens is 1. The van der Waals surface area contributed by atoms with E-state index in [1.807, 2.05) is 31.1 Å². The third-order valence-corrected chi connectivity index (χ3v) is 4.79. The molecule has 2 N–H and O–H groups in total. The van der Waals surface area contributed by atoms with Crippen molar-refractivity contribution >= 4 is 34.4 Å². The maximum atomic E-state index is 12.3. The van der Waals surface area contributed by atoms with E-state index in [9.17, 15) is 9.59 Å². The molecule has 1 aliphatic heterocycles. The highest BCUT2D eigenvalue weighted by Crippen LogP contribution is 2.18. The Morgan fingerprint density at radius 1 is 1.46 bits per heavy atom. The van der Waals surface area contributed by atoms with Crippen LogP contribution in [0.1, 0.15) is 12.2 Å². The minimum absolute atomic E-state index is 0.0566. The number of hydrogen-bond acceptors (Lipinski definition) is 4. The largest absolute Gasteiger partial charge is 0.355 e. The van der Waals surface area contributed by atoms with Gasteiger partial charge in [-0.05, 0) is 32.3 Å². The van der Waals surface area contributed by atoms with Crippen LogP contribution >= 0.6 is 11.6 Å². The van der Waals surface area contributed by atoms with Crippen LogP contribution in [0.3, 0.4) is 0 Å². The molecule has 1 aliphatic rings. The summed E-state index contributed by atoms with van der Waals surface area (Å²) in [7, 11) is 3.94. The zero-order chi connectivity index (χ0) is 18.7. The molecule has 0 aliphatic carbocycles. The molecule has 1 aromatic heterocycles. The van der Waals surface area contributed by atoms with E-state index in [4.69, 9.17) is 11.6 Å². The first kappa shape index (κ1) is 18.7. The summed E-state index contributed by atoms with van der Waals surface area (Å²) in [5.74, 6) is 0.530. The molecule has 2 amide bonds. The van der Waals surface area contributed by atoms with Gasteiger partial charge in [-0.2, -0.15) is 0 Å². The van der Waals surface area contributed by atoms with Gasteiger partial charge in [0.25, 0.3) is 0 Å². The molecule has 3 rings (SSSR count). The Labute approximate surface area is 157 Å². The summed E-state index contributed by atoms with van der Waals surface area (Å²) in [4.78, 5) is 35.8. The molecule has 2 aromatic rings. The molecule has 0 unspecified atom stereocenters. The highest BCUT2D eigenvalue weighted by Gasteiger charge is 2.33. The van der Waals surface area contributed by atoms with Crippen LogP contribution in [0.25, 0.3) is 11.0 Å². The number of carbonyl (C=O) groups is 2. The average molecular weight is 378 g/mol. The van der Waals surface area contributed by atoms with E-state index >= 15 is 0 Å². The number of nitrogens with one attached hydrogen (secondary N) is 2. The summed E-state index contributed by atoms with van der Waals surface area (Å²) in [6.45, 7) is 2.45. The molecule has 0 bridgehead atoms. The second kappa shape index (κ2) is 8.05. The number of rotatable bonds is 7. The Balaban J connectivity index is 1.47. The van der Waals surface area contributed by atoms with Crippen molar-refractivity contribution in [1.82, 2.24) is 25.1 Å². The van der Waals surface area contributed by atoms with Crippen LogP contribution in [-0.2, 0) is 16.0 Å². The van der Waals surface area contributed by atoms with E-state index < -0.39 is 0 Å². The number of carbonyl (C=O) groups excluding carboxylic acids is 2. The number of likely N-dealkylation sites (N-methyl/N-ethyl adjacent to an activating group) is 1. The molecular formula is C18H24ClN5O2. The zero-order valence-corrected chi connectivity index (χ0v) is 15.8. The van der Waals surface area contributed by atoms with Crippen molar-refractivity contribution < 1.29 is 9.59 Å². The second-order valence-corrected chi connectivity index (χ2v) is 7.37. The van der Waals surface area contributed by atoms with E-state index in [-0.39, 0.29) is 17.7 Å². The van der Waals surface area contributed by atoms with Crippen molar-refractivity contribution in [3.8, 4) is 0 Å². The Morgan fingerprint density at radius 3 is 3.04 bits per heavy atom. The number of amides is 2. The lowest BCUT2D eigenvalue weighted by Gasteiger charge is -2.19. The van der Waals surface area contributed by atoms with Crippen LogP contribution in [-0.4, -0.2) is 71.9 Å². The Kier molecular flexibility index (Phi) is 5.78. The zero-order valence-electron chi connectivity index (χ0n) is 15.1. The number of imidazole rings is 1. The first-order valence-corrected chi connectivity index (χ1v) is 9.14. The van der Waals surface area contributed by atoms with Crippen LogP contribution in [0.5, 0.6) is 0 Å². The van der Waals surface area contributed by atoms with Crippen LogP contribution in [0.4, 0.5) is 0 Å². The minimum Gasteiger partial charge on any atom is -0.355 e. The summed E-state index contributed by atoms with van der Waals surface area (Å²) in [6, 6.07) is 5.50. The summed E-state index contributed by atoms with van der Waals surface area (Å²) in [6.07, 6.45) is 0.894.